The van der Waals surface area contributed by atoms with E-state index in [0.29, 0.717) is 36.7 Å². The number of benzene rings is 2. The van der Waals surface area contributed by atoms with Gasteiger partial charge in [0.2, 0.25) is 10.0 Å². The molecule has 1 atom stereocenters. The summed E-state index contributed by atoms with van der Waals surface area (Å²) in [6.45, 7) is 4.74. The highest BCUT2D eigenvalue weighted by molar-refractivity contribution is 7.89. The number of hydrogen-bond donors (Lipinski definition) is 0. The van der Waals surface area contributed by atoms with Gasteiger partial charge in [0.05, 0.1) is 25.3 Å². The van der Waals surface area contributed by atoms with Crippen LogP contribution in [0.5, 0.6) is 11.5 Å². The van der Waals surface area contributed by atoms with Crippen LogP contribution < -0.4 is 9.47 Å². The van der Waals surface area contributed by atoms with Gasteiger partial charge in [-0.3, -0.25) is 4.79 Å². The van der Waals surface area contributed by atoms with Crippen molar-refractivity contribution >= 4 is 27.5 Å². The van der Waals surface area contributed by atoms with Gasteiger partial charge in [0.15, 0.2) is 0 Å². The van der Waals surface area contributed by atoms with Crippen LogP contribution in [0.1, 0.15) is 48.7 Å². The molecule has 0 aliphatic carbocycles. The number of ether oxygens (including phenoxy) is 2. The summed E-state index contributed by atoms with van der Waals surface area (Å²) in [5, 5.41) is 0.100. The number of halogens is 1. The molecule has 174 valence electrons. The fraction of sp³-hybridized carbons (Fsp3) is 0.435. The number of methoxy groups -OCH3 is 2. The zero-order chi connectivity index (χ0) is 23.5. The third kappa shape index (κ3) is 4.58. The van der Waals surface area contributed by atoms with Crippen molar-refractivity contribution in [2.24, 2.45) is 0 Å². The third-order valence-corrected chi connectivity index (χ3v) is 8.35. The summed E-state index contributed by atoms with van der Waals surface area (Å²) < 4.78 is 38.2. The average Bonchev–Trinajstić information content (AvgIpc) is 3.28. The largest absolute Gasteiger partial charge is 0.497 e. The van der Waals surface area contributed by atoms with E-state index < -0.39 is 10.0 Å². The summed E-state index contributed by atoms with van der Waals surface area (Å²) in [6, 6.07) is 9.81. The number of sulfonamides is 1. The number of amides is 1. The summed E-state index contributed by atoms with van der Waals surface area (Å²) in [5.74, 6) is 1.08. The first kappa shape index (κ1) is 24.4. The number of carbonyl (C=O) groups excluding carboxylic acids is 1. The van der Waals surface area contributed by atoms with Crippen LogP contribution in [-0.2, 0) is 10.0 Å². The molecule has 7 nitrogen and oxygen atoms in total. The lowest BCUT2D eigenvalue weighted by molar-refractivity contribution is 0.0734. The van der Waals surface area contributed by atoms with Crippen molar-refractivity contribution in [1.82, 2.24) is 9.21 Å². The summed E-state index contributed by atoms with van der Waals surface area (Å²) in [5.41, 5.74) is 1.18. The van der Waals surface area contributed by atoms with Gasteiger partial charge in [-0.2, -0.15) is 4.31 Å². The van der Waals surface area contributed by atoms with Crippen molar-refractivity contribution < 1.29 is 22.7 Å². The Morgan fingerprint density at radius 3 is 2.47 bits per heavy atom. The molecular weight excluding hydrogens is 452 g/mol. The molecule has 3 rings (SSSR count). The van der Waals surface area contributed by atoms with E-state index in [1.807, 2.05) is 12.1 Å². The Hall–Kier alpha value is -2.29. The minimum Gasteiger partial charge on any atom is -0.497 e. The lowest BCUT2D eigenvalue weighted by atomic mass is 10.0. The van der Waals surface area contributed by atoms with Crippen molar-refractivity contribution in [3.63, 3.8) is 0 Å². The van der Waals surface area contributed by atoms with Crippen molar-refractivity contribution in [3.8, 4) is 11.5 Å². The van der Waals surface area contributed by atoms with Crippen LogP contribution in [0.2, 0.25) is 5.02 Å². The minimum absolute atomic E-state index is 0.0495. The number of likely N-dealkylation sites (tertiary alicyclic amines) is 1. The summed E-state index contributed by atoms with van der Waals surface area (Å²) in [4.78, 5) is 15.2. The molecule has 1 amide bonds. The maximum absolute atomic E-state index is 13.5. The Morgan fingerprint density at radius 1 is 1.12 bits per heavy atom. The highest BCUT2D eigenvalue weighted by Crippen LogP contribution is 2.39. The van der Waals surface area contributed by atoms with Crippen LogP contribution in [0.15, 0.2) is 41.3 Å². The van der Waals surface area contributed by atoms with E-state index >= 15 is 0 Å². The van der Waals surface area contributed by atoms with Crippen molar-refractivity contribution in [3.05, 3.63) is 52.5 Å². The first-order chi connectivity index (χ1) is 15.3. The predicted molar refractivity (Wildman–Crippen MR) is 124 cm³/mol. The molecular formula is C23H29ClN2O5S. The number of rotatable bonds is 8. The van der Waals surface area contributed by atoms with Crippen LogP contribution in [0.25, 0.3) is 0 Å². The molecule has 0 bridgehead atoms. The second kappa shape index (κ2) is 10.1. The second-order valence-corrected chi connectivity index (χ2v) is 9.81. The van der Waals surface area contributed by atoms with E-state index in [1.165, 1.54) is 16.4 Å². The molecule has 2 aromatic carbocycles. The fourth-order valence-corrected chi connectivity index (χ4v) is 6.09. The molecule has 0 radical (unpaired) electrons. The number of hydrogen-bond acceptors (Lipinski definition) is 5. The smallest absolute Gasteiger partial charge is 0.254 e. The van der Waals surface area contributed by atoms with Crippen LogP contribution in [0.3, 0.4) is 0 Å². The molecule has 0 aromatic heterocycles. The predicted octanol–water partition coefficient (Wildman–Crippen LogP) is 4.37. The topological polar surface area (TPSA) is 76.2 Å². The lowest BCUT2D eigenvalue weighted by Gasteiger charge is -2.27. The van der Waals surface area contributed by atoms with E-state index in [2.05, 4.69) is 0 Å². The SMILES string of the molecule is CCN(CC)S(=O)(=O)c1cc(C(=O)N2CCCC2c2ccc(OC)cc2OC)ccc1Cl. The normalized spacial score (nSPS) is 16.4. The molecule has 2 aromatic rings. The molecule has 1 unspecified atom stereocenters. The van der Waals surface area contributed by atoms with E-state index in [-0.39, 0.29) is 21.9 Å². The molecule has 0 N–H and O–H groups in total. The monoisotopic (exact) mass is 480 g/mol. The molecule has 9 heteroatoms. The molecule has 1 fully saturated rings. The van der Waals surface area contributed by atoms with Crippen molar-refractivity contribution in [2.45, 2.75) is 37.6 Å². The molecule has 1 heterocycles. The van der Waals surface area contributed by atoms with Crippen LogP contribution >= 0.6 is 11.6 Å². The van der Waals surface area contributed by atoms with E-state index in [0.717, 1.165) is 18.4 Å². The highest BCUT2D eigenvalue weighted by atomic mass is 35.5. The summed E-state index contributed by atoms with van der Waals surface area (Å²) in [7, 11) is -0.625. The molecule has 1 saturated heterocycles. The van der Waals surface area contributed by atoms with Gasteiger partial charge in [-0.25, -0.2) is 8.42 Å². The average molecular weight is 481 g/mol. The van der Waals surface area contributed by atoms with E-state index in [4.69, 9.17) is 21.1 Å². The molecule has 0 spiro atoms. The fourth-order valence-electron chi connectivity index (χ4n) is 4.13. The minimum atomic E-state index is -3.80. The standard InChI is InChI=1S/C23H29ClN2O5S/c1-5-25(6-2)32(28,29)22-14-16(9-12-19(22)24)23(27)26-13-7-8-20(26)18-11-10-17(30-3)15-21(18)31-4/h9-12,14-15,20H,5-8,13H2,1-4H3. The molecule has 1 aliphatic rings. The van der Waals surface area contributed by atoms with Gasteiger partial charge < -0.3 is 14.4 Å². The van der Waals surface area contributed by atoms with Gasteiger partial charge >= 0.3 is 0 Å². The lowest BCUT2D eigenvalue weighted by Crippen LogP contribution is -2.32. The quantitative estimate of drug-likeness (QED) is 0.561. The Balaban J connectivity index is 1.97. The van der Waals surface area contributed by atoms with Gasteiger partial charge in [0.1, 0.15) is 16.4 Å². The van der Waals surface area contributed by atoms with Gasteiger partial charge in [0.25, 0.3) is 5.91 Å². The molecule has 32 heavy (non-hydrogen) atoms. The Labute approximate surface area is 194 Å². The van der Waals surface area contributed by atoms with Crippen molar-refractivity contribution in [2.75, 3.05) is 33.9 Å². The zero-order valence-electron chi connectivity index (χ0n) is 18.8. The maximum atomic E-state index is 13.5. The number of carbonyl (C=O) groups is 1. The van der Waals surface area contributed by atoms with Crippen LogP contribution in [-0.4, -0.2) is 57.4 Å². The van der Waals surface area contributed by atoms with Crippen molar-refractivity contribution in [1.29, 1.82) is 0 Å². The first-order valence-electron chi connectivity index (χ1n) is 10.6. The molecule has 0 saturated carbocycles. The number of nitrogens with zero attached hydrogens (tertiary/aromatic N) is 2. The van der Waals surface area contributed by atoms with Crippen LogP contribution in [0, 0.1) is 0 Å². The third-order valence-electron chi connectivity index (χ3n) is 5.81. The van der Waals surface area contributed by atoms with Gasteiger partial charge in [-0.15, -0.1) is 0 Å². The zero-order valence-corrected chi connectivity index (χ0v) is 20.4. The summed E-state index contributed by atoms with van der Waals surface area (Å²) in [6.07, 6.45) is 1.62. The van der Waals surface area contributed by atoms with Crippen LogP contribution in [0.4, 0.5) is 0 Å². The van der Waals surface area contributed by atoms with Gasteiger partial charge in [-0.1, -0.05) is 25.4 Å². The summed E-state index contributed by atoms with van der Waals surface area (Å²) >= 11 is 6.24. The molecule has 1 aliphatic heterocycles. The van der Waals surface area contributed by atoms with E-state index in [9.17, 15) is 13.2 Å². The Bertz CT molecular complexity index is 1090. The first-order valence-corrected chi connectivity index (χ1v) is 12.4. The highest BCUT2D eigenvalue weighted by Gasteiger charge is 2.34. The van der Waals surface area contributed by atoms with E-state index in [1.54, 1.807) is 45.1 Å². The van der Waals surface area contributed by atoms with Gasteiger partial charge in [0, 0.05) is 36.8 Å². The van der Waals surface area contributed by atoms with Gasteiger partial charge in [-0.05, 0) is 43.2 Å². The second-order valence-electron chi connectivity index (χ2n) is 7.50. The Kier molecular flexibility index (Phi) is 7.69. The maximum Gasteiger partial charge on any atom is 0.254 e. The Morgan fingerprint density at radius 2 is 1.84 bits per heavy atom.